The first-order valence-electron chi connectivity index (χ1n) is 6.87. The van der Waals surface area contributed by atoms with Gasteiger partial charge in [0.1, 0.15) is 11.5 Å². The molecule has 1 fully saturated rings. The van der Waals surface area contributed by atoms with Gasteiger partial charge in [-0.15, -0.1) is 0 Å². The maximum Gasteiger partial charge on any atom is 0.119 e. The predicted octanol–water partition coefficient (Wildman–Crippen LogP) is 3.28. The van der Waals surface area contributed by atoms with Gasteiger partial charge in [-0.25, -0.2) is 0 Å². The molecule has 1 aromatic rings. The van der Waals surface area contributed by atoms with Crippen LogP contribution in [0.15, 0.2) is 18.2 Å². The van der Waals surface area contributed by atoms with Gasteiger partial charge in [-0.3, -0.25) is 4.90 Å². The molecule has 0 bridgehead atoms. The van der Waals surface area contributed by atoms with Crippen molar-refractivity contribution < 1.29 is 10.2 Å². The zero-order chi connectivity index (χ0) is 13.1. The van der Waals surface area contributed by atoms with Crippen LogP contribution in [0.25, 0.3) is 0 Å². The van der Waals surface area contributed by atoms with Crippen LogP contribution in [0.1, 0.15) is 44.7 Å². The van der Waals surface area contributed by atoms with Crippen LogP contribution >= 0.6 is 0 Å². The van der Waals surface area contributed by atoms with E-state index in [9.17, 15) is 10.2 Å². The molecule has 18 heavy (non-hydrogen) atoms. The number of aromatic hydroxyl groups is 2. The molecule has 2 atom stereocenters. The van der Waals surface area contributed by atoms with Gasteiger partial charge in [-0.2, -0.15) is 0 Å². The van der Waals surface area contributed by atoms with Gasteiger partial charge in [0.15, 0.2) is 0 Å². The van der Waals surface area contributed by atoms with E-state index >= 15 is 0 Å². The van der Waals surface area contributed by atoms with Crippen LogP contribution in [0.5, 0.6) is 11.5 Å². The van der Waals surface area contributed by atoms with Crippen LogP contribution in [-0.4, -0.2) is 28.2 Å². The predicted molar refractivity (Wildman–Crippen MR) is 72.8 cm³/mol. The van der Waals surface area contributed by atoms with E-state index in [2.05, 4.69) is 18.7 Å². The van der Waals surface area contributed by atoms with Crippen molar-refractivity contribution in [1.29, 1.82) is 0 Å². The van der Waals surface area contributed by atoms with Crippen molar-refractivity contribution in [3.05, 3.63) is 23.8 Å². The molecule has 1 aliphatic heterocycles. The van der Waals surface area contributed by atoms with Crippen LogP contribution in [0.4, 0.5) is 0 Å². The number of likely N-dealkylation sites (tertiary alicyclic amines) is 1. The number of phenols is 2. The maximum atomic E-state index is 9.56. The molecular weight excluding hydrogens is 226 g/mol. The van der Waals surface area contributed by atoms with Gasteiger partial charge in [0.2, 0.25) is 0 Å². The van der Waals surface area contributed by atoms with E-state index in [-0.39, 0.29) is 17.5 Å². The van der Waals surface area contributed by atoms with Crippen LogP contribution < -0.4 is 0 Å². The topological polar surface area (TPSA) is 43.7 Å². The molecule has 0 aromatic heterocycles. The van der Waals surface area contributed by atoms with Crippen LogP contribution in [0.3, 0.4) is 0 Å². The van der Waals surface area contributed by atoms with Crippen molar-refractivity contribution in [3.63, 3.8) is 0 Å². The molecule has 3 nitrogen and oxygen atoms in total. The molecule has 2 unspecified atom stereocenters. The molecule has 2 rings (SSSR count). The van der Waals surface area contributed by atoms with Gasteiger partial charge in [0.05, 0.1) is 0 Å². The number of phenolic OH excluding ortho intramolecular Hbond substituents is 2. The zero-order valence-electron chi connectivity index (χ0n) is 11.3. The summed E-state index contributed by atoms with van der Waals surface area (Å²) in [5.74, 6) is 1.06. The van der Waals surface area contributed by atoms with Crippen molar-refractivity contribution in [3.8, 4) is 11.5 Å². The number of nitrogens with zero attached hydrogens (tertiary/aromatic N) is 1. The molecule has 1 heterocycles. The largest absolute Gasteiger partial charge is 0.508 e. The van der Waals surface area contributed by atoms with Crippen molar-refractivity contribution in [1.82, 2.24) is 4.90 Å². The molecule has 1 aliphatic rings. The van der Waals surface area contributed by atoms with E-state index in [0.717, 1.165) is 24.6 Å². The average molecular weight is 249 g/mol. The third-order valence-electron chi connectivity index (χ3n) is 4.08. The standard InChI is InChI=1S/C15H23NO2/c1-3-12-5-4-6-16(10-12)11(2)13-7-14(17)9-15(18)8-13/h7-9,11-12,17-18H,3-6,10H2,1-2H3. The molecule has 2 N–H and O–H groups in total. The molecule has 0 spiro atoms. The summed E-state index contributed by atoms with van der Waals surface area (Å²) in [4.78, 5) is 2.45. The number of rotatable bonds is 3. The fourth-order valence-corrected chi connectivity index (χ4v) is 2.85. The lowest BCUT2D eigenvalue weighted by Crippen LogP contribution is -2.37. The second-order valence-electron chi connectivity index (χ2n) is 5.37. The fourth-order valence-electron chi connectivity index (χ4n) is 2.85. The minimum atomic E-state index is 0.140. The maximum absolute atomic E-state index is 9.56. The molecule has 100 valence electrons. The zero-order valence-corrected chi connectivity index (χ0v) is 11.3. The van der Waals surface area contributed by atoms with Gasteiger partial charge < -0.3 is 10.2 Å². The number of piperidine rings is 1. The highest BCUT2D eigenvalue weighted by Crippen LogP contribution is 2.31. The summed E-state index contributed by atoms with van der Waals surface area (Å²) in [6, 6.07) is 5.12. The highest BCUT2D eigenvalue weighted by atomic mass is 16.3. The highest BCUT2D eigenvalue weighted by molar-refractivity contribution is 5.38. The van der Waals surface area contributed by atoms with E-state index < -0.39 is 0 Å². The Bertz CT molecular complexity index is 385. The van der Waals surface area contributed by atoms with E-state index in [4.69, 9.17) is 0 Å². The quantitative estimate of drug-likeness (QED) is 0.864. The minimum Gasteiger partial charge on any atom is -0.508 e. The Morgan fingerprint density at radius 3 is 2.56 bits per heavy atom. The summed E-state index contributed by atoms with van der Waals surface area (Å²) < 4.78 is 0. The first-order valence-corrected chi connectivity index (χ1v) is 6.87. The molecule has 1 aromatic carbocycles. The number of hydrogen-bond acceptors (Lipinski definition) is 3. The highest BCUT2D eigenvalue weighted by Gasteiger charge is 2.23. The Labute approximate surface area is 109 Å². The van der Waals surface area contributed by atoms with Crippen molar-refractivity contribution in [2.75, 3.05) is 13.1 Å². The molecule has 0 amide bonds. The lowest BCUT2D eigenvalue weighted by Gasteiger charge is -2.36. The Hall–Kier alpha value is -1.22. The Balaban J connectivity index is 2.12. The van der Waals surface area contributed by atoms with E-state index in [1.165, 1.54) is 25.3 Å². The first kappa shape index (κ1) is 13.2. The summed E-state index contributed by atoms with van der Waals surface area (Å²) in [7, 11) is 0. The molecule has 3 heteroatoms. The molecule has 1 saturated heterocycles. The summed E-state index contributed by atoms with van der Waals surface area (Å²) in [5, 5.41) is 19.1. The molecular formula is C15H23NO2. The van der Waals surface area contributed by atoms with E-state index in [1.807, 2.05) is 0 Å². The second-order valence-corrected chi connectivity index (χ2v) is 5.37. The second kappa shape index (κ2) is 5.61. The van der Waals surface area contributed by atoms with E-state index in [1.54, 1.807) is 12.1 Å². The average Bonchev–Trinajstić information content (AvgIpc) is 2.37. The summed E-state index contributed by atoms with van der Waals surface area (Å²) in [5.41, 5.74) is 0.990. The van der Waals surface area contributed by atoms with Gasteiger partial charge in [-0.1, -0.05) is 13.3 Å². The van der Waals surface area contributed by atoms with Crippen molar-refractivity contribution in [2.24, 2.45) is 5.92 Å². The van der Waals surface area contributed by atoms with E-state index in [0.29, 0.717) is 0 Å². The number of hydrogen-bond donors (Lipinski definition) is 2. The SMILES string of the molecule is CCC1CCCN(C(C)c2cc(O)cc(O)c2)C1. The van der Waals surface area contributed by atoms with Crippen LogP contribution in [0, 0.1) is 5.92 Å². The Kier molecular flexibility index (Phi) is 4.12. The third-order valence-corrected chi connectivity index (χ3v) is 4.08. The first-order chi connectivity index (χ1) is 8.60. The minimum absolute atomic E-state index is 0.140. The van der Waals surface area contributed by atoms with Crippen LogP contribution in [-0.2, 0) is 0 Å². The monoisotopic (exact) mass is 249 g/mol. The lowest BCUT2D eigenvalue weighted by atomic mass is 9.93. The summed E-state index contributed by atoms with van der Waals surface area (Å²) in [6.07, 6.45) is 3.80. The van der Waals surface area contributed by atoms with Gasteiger partial charge in [0.25, 0.3) is 0 Å². The Morgan fingerprint density at radius 1 is 1.28 bits per heavy atom. The Morgan fingerprint density at radius 2 is 1.94 bits per heavy atom. The lowest BCUT2D eigenvalue weighted by molar-refractivity contribution is 0.129. The van der Waals surface area contributed by atoms with Crippen molar-refractivity contribution in [2.45, 2.75) is 39.2 Å². The normalized spacial score (nSPS) is 22.9. The molecule has 0 radical (unpaired) electrons. The number of benzene rings is 1. The van der Waals surface area contributed by atoms with Crippen LogP contribution in [0.2, 0.25) is 0 Å². The summed E-state index contributed by atoms with van der Waals surface area (Å²) >= 11 is 0. The van der Waals surface area contributed by atoms with Crippen molar-refractivity contribution >= 4 is 0 Å². The van der Waals surface area contributed by atoms with Gasteiger partial charge >= 0.3 is 0 Å². The van der Waals surface area contributed by atoms with Gasteiger partial charge in [-0.05, 0) is 49.9 Å². The van der Waals surface area contributed by atoms with Gasteiger partial charge in [0, 0.05) is 18.7 Å². The molecule has 0 saturated carbocycles. The third kappa shape index (κ3) is 2.96. The fraction of sp³-hybridized carbons (Fsp3) is 0.600. The smallest absolute Gasteiger partial charge is 0.119 e. The molecule has 0 aliphatic carbocycles. The summed E-state index contributed by atoms with van der Waals surface area (Å²) in [6.45, 7) is 6.62.